The van der Waals surface area contributed by atoms with Crippen LogP contribution in [0.2, 0.25) is 5.02 Å². The molecule has 1 saturated heterocycles. The van der Waals surface area contributed by atoms with E-state index in [-0.39, 0.29) is 25.1 Å². The van der Waals surface area contributed by atoms with Crippen molar-refractivity contribution in [1.29, 1.82) is 0 Å². The molecule has 1 unspecified atom stereocenters. The zero-order chi connectivity index (χ0) is 34.5. The summed E-state index contributed by atoms with van der Waals surface area (Å²) in [4.78, 5) is 50.8. The number of methoxy groups -OCH3 is 1. The third kappa shape index (κ3) is 7.12. The number of carbonyl (C=O) groups is 3. The number of benzene rings is 1. The summed E-state index contributed by atoms with van der Waals surface area (Å²) < 4.78 is 17.7. The summed E-state index contributed by atoms with van der Waals surface area (Å²) in [5.74, 6) is 1.12. The number of likely N-dealkylation sites (tertiary alicyclic amines) is 1. The molecule has 3 aliphatic rings. The normalized spacial score (nSPS) is 23.9. The second-order valence-corrected chi connectivity index (χ2v) is 15.6. The maximum Gasteiger partial charge on any atom is 0.408 e. The predicted octanol–water partition coefficient (Wildman–Crippen LogP) is 5.61. The van der Waals surface area contributed by atoms with Crippen LogP contribution in [0, 0.1) is 17.3 Å². The average Bonchev–Trinajstić information content (AvgIpc) is 3.35. The topological polar surface area (TPSA) is 158 Å². The highest BCUT2D eigenvalue weighted by atomic mass is 35.5. The zero-order valence-electron chi connectivity index (χ0n) is 28.0. The Morgan fingerprint density at radius 3 is 2.42 bits per heavy atom. The molecule has 3 amide bonds. The van der Waals surface area contributed by atoms with E-state index in [0.717, 1.165) is 18.0 Å². The Bertz CT molecular complexity index is 1720. The number of halogens is 1. The molecule has 6 atom stereocenters. The minimum absolute atomic E-state index is 0.0733. The van der Waals surface area contributed by atoms with Gasteiger partial charge < -0.3 is 35.5 Å². The van der Waals surface area contributed by atoms with Gasteiger partial charge in [-0.05, 0) is 62.5 Å². The van der Waals surface area contributed by atoms with E-state index in [2.05, 4.69) is 10.6 Å². The second-order valence-electron chi connectivity index (χ2n) is 14.4. The number of rotatable bonds is 10. The molecule has 1 aromatic carbocycles. The van der Waals surface area contributed by atoms with Crippen LogP contribution in [0.15, 0.2) is 23.6 Å². The maximum absolute atomic E-state index is 14.1. The SMILES string of the molecule is COc1ccc2c(O[C@@H]3C[C@@H](C(N)=O)N(C(=O)[C@@H](NC(=O)OC4C[C@@H]5C[C@@H]5C4)C(C)(C)C)C3)cc(-c3csc(NC(C)C)n3)nc2c1Cl. The monoisotopic (exact) mass is 698 g/mol. The highest BCUT2D eigenvalue weighted by molar-refractivity contribution is 7.14. The van der Waals surface area contributed by atoms with Gasteiger partial charge in [-0.25, -0.2) is 14.8 Å². The molecule has 2 aromatic heterocycles. The number of nitrogens with one attached hydrogen (secondary N) is 2. The molecule has 0 spiro atoms. The van der Waals surface area contributed by atoms with Crippen LogP contribution in [0.4, 0.5) is 9.93 Å². The number of carbonyl (C=O) groups excluding carboxylic acids is 3. The van der Waals surface area contributed by atoms with E-state index in [9.17, 15) is 14.4 Å². The van der Waals surface area contributed by atoms with Crippen LogP contribution in [-0.2, 0) is 14.3 Å². The molecule has 3 aromatic rings. The van der Waals surface area contributed by atoms with Crippen molar-refractivity contribution in [2.24, 2.45) is 23.0 Å². The van der Waals surface area contributed by atoms with E-state index >= 15 is 0 Å². The van der Waals surface area contributed by atoms with E-state index < -0.39 is 41.5 Å². The van der Waals surface area contributed by atoms with Crippen LogP contribution in [0.25, 0.3) is 22.3 Å². The fraction of sp³-hybridized carbons (Fsp3) is 0.559. The van der Waals surface area contributed by atoms with E-state index in [1.54, 1.807) is 18.2 Å². The number of nitrogens with two attached hydrogens (primary N) is 1. The fourth-order valence-electron chi connectivity index (χ4n) is 6.75. The molecular formula is C34H43ClN6O6S. The Labute approximate surface area is 289 Å². The zero-order valence-corrected chi connectivity index (χ0v) is 29.6. The molecule has 3 heterocycles. The lowest BCUT2D eigenvalue weighted by Crippen LogP contribution is -2.57. The van der Waals surface area contributed by atoms with Gasteiger partial charge in [0.05, 0.1) is 24.9 Å². The molecular weight excluding hydrogens is 656 g/mol. The van der Waals surface area contributed by atoms with E-state index in [1.165, 1.54) is 29.8 Å². The number of ether oxygens (including phenoxy) is 3. The quantitative estimate of drug-likeness (QED) is 0.245. The molecule has 258 valence electrons. The first kappa shape index (κ1) is 34.0. The molecule has 3 fully saturated rings. The number of anilines is 1. The lowest BCUT2D eigenvalue weighted by atomic mass is 9.85. The van der Waals surface area contributed by atoms with Crippen molar-refractivity contribution >= 4 is 56.9 Å². The summed E-state index contributed by atoms with van der Waals surface area (Å²) in [6, 6.07) is 3.63. The van der Waals surface area contributed by atoms with Crippen molar-refractivity contribution < 1.29 is 28.6 Å². The largest absolute Gasteiger partial charge is 0.495 e. The van der Waals surface area contributed by atoms with Gasteiger partial charge in [-0.1, -0.05) is 32.4 Å². The lowest BCUT2D eigenvalue weighted by Gasteiger charge is -2.35. The minimum Gasteiger partial charge on any atom is -0.495 e. The third-order valence-electron chi connectivity index (χ3n) is 9.26. The van der Waals surface area contributed by atoms with E-state index in [1.807, 2.05) is 40.0 Å². The Hall–Kier alpha value is -3.84. The van der Waals surface area contributed by atoms with Crippen molar-refractivity contribution in [2.75, 3.05) is 19.0 Å². The Morgan fingerprint density at radius 1 is 1.04 bits per heavy atom. The van der Waals surface area contributed by atoms with Gasteiger partial charge >= 0.3 is 6.09 Å². The first-order chi connectivity index (χ1) is 22.7. The van der Waals surface area contributed by atoms with Crippen molar-refractivity contribution in [3.63, 3.8) is 0 Å². The number of thiazole rings is 1. The van der Waals surface area contributed by atoms with Crippen molar-refractivity contribution in [3.05, 3.63) is 28.6 Å². The number of primary amides is 1. The van der Waals surface area contributed by atoms with Gasteiger partial charge in [0.1, 0.15) is 46.5 Å². The first-order valence-corrected chi connectivity index (χ1v) is 17.6. The van der Waals surface area contributed by atoms with Gasteiger partial charge in [-0.3, -0.25) is 9.59 Å². The van der Waals surface area contributed by atoms with Crippen molar-refractivity contribution in [3.8, 4) is 22.9 Å². The molecule has 0 bridgehead atoms. The number of amides is 3. The highest BCUT2D eigenvalue weighted by Gasteiger charge is 2.48. The Morgan fingerprint density at radius 2 is 1.77 bits per heavy atom. The number of hydrogen-bond donors (Lipinski definition) is 3. The molecule has 48 heavy (non-hydrogen) atoms. The molecule has 2 saturated carbocycles. The van der Waals surface area contributed by atoms with Crippen LogP contribution < -0.4 is 25.8 Å². The van der Waals surface area contributed by atoms with Crippen LogP contribution in [0.3, 0.4) is 0 Å². The molecule has 4 N–H and O–H groups in total. The van der Waals surface area contributed by atoms with Gasteiger partial charge in [0, 0.05) is 29.3 Å². The molecule has 1 aliphatic heterocycles. The molecule has 2 aliphatic carbocycles. The van der Waals surface area contributed by atoms with Crippen molar-refractivity contribution in [1.82, 2.24) is 20.2 Å². The Kier molecular flexibility index (Phi) is 9.38. The van der Waals surface area contributed by atoms with Gasteiger partial charge in [0.2, 0.25) is 11.8 Å². The van der Waals surface area contributed by atoms with E-state index in [4.69, 9.17) is 41.5 Å². The minimum atomic E-state index is -0.959. The number of aromatic nitrogens is 2. The number of hydrogen-bond acceptors (Lipinski definition) is 10. The molecule has 0 radical (unpaired) electrons. The smallest absolute Gasteiger partial charge is 0.408 e. The summed E-state index contributed by atoms with van der Waals surface area (Å²) in [5, 5.41) is 9.70. The molecule has 12 nitrogen and oxygen atoms in total. The summed E-state index contributed by atoms with van der Waals surface area (Å²) in [6.45, 7) is 9.70. The molecule has 6 rings (SSSR count). The lowest BCUT2D eigenvalue weighted by molar-refractivity contribution is -0.141. The maximum atomic E-state index is 14.1. The summed E-state index contributed by atoms with van der Waals surface area (Å²) >= 11 is 8.20. The van der Waals surface area contributed by atoms with Gasteiger partial charge in [0.25, 0.3) is 0 Å². The first-order valence-electron chi connectivity index (χ1n) is 16.3. The standard InChI is InChI=1S/C34H43ClN6O6S/c1-16(2)37-32-39-23(15-48-32)22-13-26(21-7-8-25(45-6)27(35)28(21)38-22)46-20-12-24(30(36)42)41(14-20)31(43)29(34(3,4)5)40-33(44)47-19-10-17-9-18(17)11-19/h7-8,13,15-20,24,29H,9-12,14H2,1-6H3,(H2,36,42)(H,37,39)(H,40,44)/t17-,18+,19?,20-,24+,29-/m1/s1. The average molecular weight is 699 g/mol. The van der Waals surface area contributed by atoms with Crippen LogP contribution >= 0.6 is 22.9 Å². The predicted molar refractivity (Wildman–Crippen MR) is 184 cm³/mol. The van der Waals surface area contributed by atoms with Crippen LogP contribution in [-0.4, -0.2) is 76.8 Å². The third-order valence-corrected chi connectivity index (χ3v) is 10.4. The van der Waals surface area contributed by atoms with Gasteiger partial charge in [0.15, 0.2) is 5.13 Å². The van der Waals surface area contributed by atoms with Crippen LogP contribution in [0.5, 0.6) is 11.5 Å². The summed E-state index contributed by atoms with van der Waals surface area (Å²) in [7, 11) is 1.53. The van der Waals surface area contributed by atoms with Crippen LogP contribution in [0.1, 0.15) is 60.3 Å². The number of fused-ring (bicyclic) bond motifs is 2. The summed E-state index contributed by atoms with van der Waals surface area (Å²) in [5.41, 5.74) is 6.79. The molecule has 14 heteroatoms. The highest BCUT2D eigenvalue weighted by Crippen LogP contribution is 2.52. The second kappa shape index (κ2) is 13.2. The fourth-order valence-corrected chi connectivity index (χ4v) is 7.88. The van der Waals surface area contributed by atoms with Gasteiger partial charge in [-0.2, -0.15) is 0 Å². The van der Waals surface area contributed by atoms with Gasteiger partial charge in [-0.15, -0.1) is 11.3 Å². The number of alkyl carbamates (subject to hydrolysis) is 1. The summed E-state index contributed by atoms with van der Waals surface area (Å²) in [6.07, 6.45) is 1.73. The van der Waals surface area contributed by atoms with Crippen molar-refractivity contribution in [2.45, 2.75) is 90.6 Å². The Balaban J connectivity index is 1.26. The van der Waals surface area contributed by atoms with E-state index in [0.29, 0.717) is 50.6 Å². The number of pyridine rings is 1. The number of nitrogens with zero attached hydrogens (tertiary/aromatic N) is 3.